The van der Waals surface area contributed by atoms with Gasteiger partial charge in [-0.25, -0.2) is 0 Å². The maximum atomic E-state index is 4.89. The highest BCUT2D eigenvalue weighted by Gasteiger charge is 2.39. The maximum Gasteiger partial charge on any atom is 0.0749 e. The summed E-state index contributed by atoms with van der Waals surface area (Å²) >= 11 is 0. The van der Waals surface area contributed by atoms with Gasteiger partial charge in [-0.15, -0.1) is 0 Å². The Bertz CT molecular complexity index is 1430. The molecule has 0 amide bonds. The van der Waals surface area contributed by atoms with Crippen molar-refractivity contribution in [1.29, 1.82) is 0 Å². The first kappa shape index (κ1) is 16.5. The third-order valence-electron chi connectivity index (χ3n) is 6.44. The smallest absolute Gasteiger partial charge is 0.0749 e. The lowest BCUT2D eigenvalue weighted by molar-refractivity contribution is 0.665. The number of nitrogens with zero attached hydrogens (tertiary/aromatic N) is 1. The van der Waals surface area contributed by atoms with Gasteiger partial charge in [0.2, 0.25) is 0 Å². The molecule has 0 unspecified atom stereocenters. The molecule has 5 aromatic rings. The summed E-state index contributed by atoms with van der Waals surface area (Å²) in [4.78, 5) is 4.89. The number of hydrogen-bond donors (Lipinski definition) is 0. The zero-order valence-electron chi connectivity index (χ0n) is 16.6. The van der Waals surface area contributed by atoms with Gasteiger partial charge in [0.1, 0.15) is 0 Å². The molecule has 0 saturated carbocycles. The summed E-state index contributed by atoms with van der Waals surface area (Å²) in [5.74, 6) is 0. The first-order chi connectivity index (χ1) is 14.1. The van der Waals surface area contributed by atoms with Crippen molar-refractivity contribution in [3.63, 3.8) is 0 Å². The summed E-state index contributed by atoms with van der Waals surface area (Å²) in [5, 5.41) is 5.16. The molecule has 0 saturated heterocycles. The average Bonchev–Trinajstić information content (AvgIpc) is 3.01. The second kappa shape index (κ2) is 5.78. The van der Waals surface area contributed by atoms with Crippen LogP contribution in [0.1, 0.15) is 25.0 Å². The van der Waals surface area contributed by atoms with Crippen LogP contribution in [-0.4, -0.2) is 4.98 Å². The number of fused-ring (bicyclic) bond motifs is 6. The molecule has 1 aliphatic carbocycles. The van der Waals surface area contributed by atoms with Crippen molar-refractivity contribution in [1.82, 2.24) is 4.98 Å². The van der Waals surface area contributed by atoms with Crippen LogP contribution in [-0.2, 0) is 5.41 Å². The molecule has 4 aromatic carbocycles. The van der Waals surface area contributed by atoms with Crippen LogP contribution in [0.3, 0.4) is 0 Å². The van der Waals surface area contributed by atoms with Gasteiger partial charge in [0, 0.05) is 17.2 Å². The van der Waals surface area contributed by atoms with Gasteiger partial charge in [0.05, 0.1) is 5.69 Å². The Labute approximate surface area is 170 Å². The Morgan fingerprint density at radius 2 is 1.31 bits per heavy atom. The van der Waals surface area contributed by atoms with Crippen LogP contribution in [0.15, 0.2) is 91.1 Å². The first-order valence-electron chi connectivity index (χ1n) is 10.2. The summed E-state index contributed by atoms with van der Waals surface area (Å²) in [7, 11) is 0. The first-order valence-corrected chi connectivity index (χ1v) is 10.2. The van der Waals surface area contributed by atoms with Crippen molar-refractivity contribution in [2.24, 2.45) is 0 Å². The zero-order chi connectivity index (χ0) is 19.6. The summed E-state index contributed by atoms with van der Waals surface area (Å²) in [6.45, 7) is 4.69. The average molecular weight is 371 g/mol. The van der Waals surface area contributed by atoms with Gasteiger partial charge in [0.25, 0.3) is 0 Å². The van der Waals surface area contributed by atoms with Gasteiger partial charge < -0.3 is 0 Å². The van der Waals surface area contributed by atoms with Crippen LogP contribution in [0.25, 0.3) is 43.9 Å². The van der Waals surface area contributed by atoms with E-state index < -0.39 is 0 Å². The normalized spacial score (nSPS) is 14.1. The number of hydrogen-bond acceptors (Lipinski definition) is 1. The largest absolute Gasteiger partial charge is 0.256 e. The third kappa shape index (κ3) is 2.25. The molecule has 0 fully saturated rings. The van der Waals surface area contributed by atoms with Gasteiger partial charge in [-0.05, 0) is 55.9 Å². The van der Waals surface area contributed by atoms with Crippen molar-refractivity contribution in [2.75, 3.05) is 0 Å². The quantitative estimate of drug-likeness (QED) is 0.300. The minimum atomic E-state index is -0.110. The molecule has 1 heteroatoms. The number of pyridine rings is 1. The molecule has 6 rings (SSSR count). The highest BCUT2D eigenvalue weighted by molar-refractivity contribution is 5.99. The molecule has 0 aliphatic heterocycles. The van der Waals surface area contributed by atoms with Crippen LogP contribution in [0, 0.1) is 0 Å². The molecule has 0 atom stereocenters. The molecular weight excluding hydrogens is 350 g/mol. The second-order valence-electron chi connectivity index (χ2n) is 8.48. The van der Waals surface area contributed by atoms with E-state index >= 15 is 0 Å². The van der Waals surface area contributed by atoms with E-state index in [4.69, 9.17) is 4.98 Å². The van der Waals surface area contributed by atoms with Gasteiger partial charge in [0.15, 0.2) is 0 Å². The molecule has 0 radical (unpaired) electrons. The Hall–Kier alpha value is -3.45. The third-order valence-corrected chi connectivity index (χ3v) is 6.44. The molecule has 1 aliphatic rings. The van der Waals surface area contributed by atoms with Crippen LogP contribution >= 0.6 is 0 Å². The minimum Gasteiger partial charge on any atom is -0.256 e. The Morgan fingerprint density at radius 3 is 2.17 bits per heavy atom. The summed E-state index contributed by atoms with van der Waals surface area (Å²) in [6, 6.07) is 30.6. The fourth-order valence-electron chi connectivity index (χ4n) is 5.17. The van der Waals surface area contributed by atoms with E-state index in [9.17, 15) is 0 Å². The number of benzene rings is 4. The highest BCUT2D eigenvalue weighted by Crippen LogP contribution is 2.53. The van der Waals surface area contributed by atoms with Gasteiger partial charge >= 0.3 is 0 Å². The summed E-state index contributed by atoms with van der Waals surface area (Å²) in [5.41, 5.74) is 7.58. The van der Waals surface area contributed by atoms with E-state index in [1.807, 2.05) is 6.20 Å². The number of aromatic nitrogens is 1. The minimum absolute atomic E-state index is 0.110. The molecule has 0 bridgehead atoms. The van der Waals surface area contributed by atoms with Crippen molar-refractivity contribution >= 4 is 21.5 Å². The van der Waals surface area contributed by atoms with E-state index in [1.54, 1.807) is 0 Å². The van der Waals surface area contributed by atoms with Gasteiger partial charge in [-0.1, -0.05) is 86.6 Å². The van der Waals surface area contributed by atoms with E-state index in [0.29, 0.717) is 0 Å². The summed E-state index contributed by atoms with van der Waals surface area (Å²) < 4.78 is 0. The lowest BCUT2D eigenvalue weighted by Gasteiger charge is -2.25. The van der Waals surface area contributed by atoms with E-state index in [2.05, 4.69) is 98.8 Å². The molecule has 1 nitrogen and oxygen atoms in total. The fraction of sp³-hybridized carbons (Fsp3) is 0.107. The van der Waals surface area contributed by atoms with Crippen molar-refractivity contribution in [3.05, 3.63) is 102 Å². The van der Waals surface area contributed by atoms with Gasteiger partial charge in [-0.2, -0.15) is 0 Å². The predicted octanol–water partition coefficient (Wildman–Crippen LogP) is 7.36. The van der Waals surface area contributed by atoms with E-state index in [1.165, 1.54) is 49.4 Å². The van der Waals surface area contributed by atoms with Crippen LogP contribution < -0.4 is 0 Å². The van der Waals surface area contributed by atoms with E-state index in [-0.39, 0.29) is 5.41 Å². The van der Waals surface area contributed by atoms with Crippen LogP contribution in [0.2, 0.25) is 0 Å². The fourth-order valence-corrected chi connectivity index (χ4v) is 5.17. The standard InChI is InChI=1S/C28H21N/c1-28(2)25-22-10-6-5-8-19(22)13-14-23(25)24-15-16-29-27(26(24)28)21-12-11-18-7-3-4-9-20(18)17-21/h3-17H,1-2H3. The van der Waals surface area contributed by atoms with Crippen LogP contribution in [0.4, 0.5) is 0 Å². The molecule has 29 heavy (non-hydrogen) atoms. The SMILES string of the molecule is CC1(C)c2c(ccnc2-c2ccc3ccccc3c2)-c2ccc3ccccc3c21. The predicted molar refractivity (Wildman–Crippen MR) is 122 cm³/mol. The Balaban J connectivity index is 1.66. The topological polar surface area (TPSA) is 12.9 Å². The Kier molecular flexibility index (Phi) is 3.29. The molecule has 0 N–H and O–H groups in total. The molecule has 1 heterocycles. The summed E-state index contributed by atoms with van der Waals surface area (Å²) in [6.07, 6.45) is 1.96. The Morgan fingerprint density at radius 1 is 0.621 bits per heavy atom. The lowest BCUT2D eigenvalue weighted by atomic mass is 9.78. The maximum absolute atomic E-state index is 4.89. The molecular formula is C28H21N. The van der Waals surface area contributed by atoms with Crippen molar-refractivity contribution < 1.29 is 0 Å². The van der Waals surface area contributed by atoms with Gasteiger partial charge in [-0.3, -0.25) is 4.98 Å². The molecule has 138 valence electrons. The van der Waals surface area contributed by atoms with E-state index in [0.717, 1.165) is 5.69 Å². The van der Waals surface area contributed by atoms with Crippen molar-refractivity contribution in [3.8, 4) is 22.4 Å². The highest BCUT2D eigenvalue weighted by atomic mass is 14.7. The molecule has 1 aromatic heterocycles. The number of rotatable bonds is 1. The van der Waals surface area contributed by atoms with Crippen LogP contribution in [0.5, 0.6) is 0 Å². The second-order valence-corrected chi connectivity index (χ2v) is 8.48. The lowest BCUT2D eigenvalue weighted by Crippen LogP contribution is -2.17. The monoisotopic (exact) mass is 371 g/mol. The zero-order valence-corrected chi connectivity index (χ0v) is 16.6. The molecule has 0 spiro atoms. The van der Waals surface area contributed by atoms with Crippen molar-refractivity contribution in [2.45, 2.75) is 19.3 Å².